The van der Waals surface area contributed by atoms with Crippen LogP contribution in [0.3, 0.4) is 0 Å². The van der Waals surface area contributed by atoms with Crippen LogP contribution in [-0.4, -0.2) is 56.6 Å². The number of halogens is 3. The first-order valence-electron chi connectivity index (χ1n) is 8.78. The number of hydrogen-bond donors (Lipinski definition) is 2. The highest BCUT2D eigenvalue weighted by molar-refractivity contribution is 5.86. The van der Waals surface area contributed by atoms with E-state index in [4.69, 9.17) is 5.73 Å². The molecule has 152 valence electrons. The molecule has 0 aliphatic carbocycles. The summed E-state index contributed by atoms with van der Waals surface area (Å²) < 4.78 is 0. The lowest BCUT2D eigenvalue weighted by atomic mass is 10.2. The molecule has 0 unspecified atom stereocenters. The number of carbonyl (C=O) groups excluding carboxylic acids is 1. The van der Waals surface area contributed by atoms with Crippen molar-refractivity contribution in [3.8, 4) is 0 Å². The van der Waals surface area contributed by atoms with E-state index in [-0.39, 0.29) is 43.1 Å². The fourth-order valence-electron chi connectivity index (χ4n) is 2.91. The Balaban J connectivity index is 0. The molecule has 1 fully saturated rings. The molecule has 3 N–H and O–H groups in total. The average molecular weight is 428 g/mol. The van der Waals surface area contributed by atoms with Crippen LogP contribution in [0.2, 0.25) is 0 Å². The first-order valence-corrected chi connectivity index (χ1v) is 8.78. The number of carbonyl (C=O) groups is 1. The molecule has 1 aromatic carbocycles. The molecule has 0 radical (unpaired) electrons. The first kappa shape index (κ1) is 27.5. The molecule has 1 heterocycles. The topological polar surface area (TPSA) is 61.6 Å². The van der Waals surface area contributed by atoms with Crippen LogP contribution < -0.4 is 16.0 Å². The van der Waals surface area contributed by atoms with Crippen LogP contribution >= 0.6 is 37.2 Å². The van der Waals surface area contributed by atoms with Crippen molar-refractivity contribution in [3.05, 3.63) is 30.3 Å². The summed E-state index contributed by atoms with van der Waals surface area (Å²) in [7, 11) is 0. The highest BCUT2D eigenvalue weighted by Crippen LogP contribution is 2.15. The number of para-hydroxylation sites is 1. The largest absolute Gasteiger partial charge is 0.369 e. The molecule has 1 saturated heterocycles. The minimum Gasteiger partial charge on any atom is -0.369 e. The van der Waals surface area contributed by atoms with E-state index < -0.39 is 0 Å². The number of nitrogens with zero attached hydrogens (tertiary/aromatic N) is 2. The van der Waals surface area contributed by atoms with Crippen molar-refractivity contribution in [2.75, 3.05) is 50.7 Å². The maximum atomic E-state index is 11.5. The van der Waals surface area contributed by atoms with Gasteiger partial charge in [0.15, 0.2) is 0 Å². The molecule has 5 nitrogen and oxygen atoms in total. The number of nitrogens with one attached hydrogen (secondary N) is 1. The Labute approximate surface area is 176 Å². The number of amides is 1. The summed E-state index contributed by atoms with van der Waals surface area (Å²) >= 11 is 0. The summed E-state index contributed by atoms with van der Waals surface area (Å²) in [6.07, 6.45) is 3.52. The van der Waals surface area contributed by atoms with Gasteiger partial charge in [-0.05, 0) is 44.5 Å². The van der Waals surface area contributed by atoms with E-state index in [1.165, 1.54) is 5.69 Å². The summed E-state index contributed by atoms with van der Waals surface area (Å²) in [5, 5.41) is 2.96. The van der Waals surface area contributed by atoms with E-state index in [2.05, 4.69) is 45.4 Å². The second-order valence-electron chi connectivity index (χ2n) is 6.11. The number of anilines is 1. The number of rotatable bonds is 9. The van der Waals surface area contributed by atoms with Crippen LogP contribution in [-0.2, 0) is 4.79 Å². The lowest BCUT2D eigenvalue weighted by Gasteiger charge is -2.36. The van der Waals surface area contributed by atoms with E-state index in [0.717, 1.165) is 58.5 Å². The van der Waals surface area contributed by atoms with Crippen LogP contribution in [0.15, 0.2) is 30.3 Å². The van der Waals surface area contributed by atoms with Gasteiger partial charge in [0, 0.05) is 44.8 Å². The van der Waals surface area contributed by atoms with Crippen molar-refractivity contribution in [1.82, 2.24) is 10.2 Å². The Morgan fingerprint density at radius 3 is 2.23 bits per heavy atom. The molecule has 1 aromatic rings. The van der Waals surface area contributed by atoms with Crippen LogP contribution in [0.1, 0.15) is 25.7 Å². The van der Waals surface area contributed by atoms with E-state index in [1.54, 1.807) is 0 Å². The van der Waals surface area contributed by atoms with E-state index in [9.17, 15) is 4.79 Å². The van der Waals surface area contributed by atoms with Gasteiger partial charge in [-0.25, -0.2) is 0 Å². The zero-order chi connectivity index (χ0) is 16.3. The molecular weight excluding hydrogens is 395 g/mol. The predicted octanol–water partition coefficient (Wildman–Crippen LogP) is 2.71. The molecule has 8 heteroatoms. The van der Waals surface area contributed by atoms with Crippen molar-refractivity contribution in [2.45, 2.75) is 25.7 Å². The summed E-state index contributed by atoms with van der Waals surface area (Å²) in [5.41, 5.74) is 6.72. The van der Waals surface area contributed by atoms with Gasteiger partial charge in [0.1, 0.15) is 0 Å². The fraction of sp³-hybridized carbons (Fsp3) is 0.611. The molecule has 1 aliphatic heterocycles. The molecule has 26 heavy (non-hydrogen) atoms. The molecular formula is C18H33Cl3N4O. The van der Waals surface area contributed by atoms with Gasteiger partial charge in [-0.15, -0.1) is 37.2 Å². The van der Waals surface area contributed by atoms with Gasteiger partial charge in [-0.1, -0.05) is 18.2 Å². The Morgan fingerprint density at radius 2 is 1.62 bits per heavy atom. The smallest absolute Gasteiger partial charge is 0.220 e. The van der Waals surface area contributed by atoms with Gasteiger partial charge in [-0.3, -0.25) is 9.69 Å². The molecule has 2 rings (SSSR count). The third-order valence-electron chi connectivity index (χ3n) is 4.32. The molecule has 0 bridgehead atoms. The molecule has 0 saturated carbocycles. The number of unbranched alkanes of at least 4 members (excludes halogenated alkanes) is 1. The van der Waals surface area contributed by atoms with Gasteiger partial charge in [0.05, 0.1) is 0 Å². The highest BCUT2D eigenvalue weighted by atomic mass is 35.5. The maximum Gasteiger partial charge on any atom is 0.220 e. The number of nitrogens with two attached hydrogens (primary N) is 1. The SMILES string of the molecule is Cl.Cl.Cl.NCCCC(=O)NCCCCN1CCN(c2ccccc2)CC1. The van der Waals surface area contributed by atoms with Crippen LogP contribution in [0.4, 0.5) is 5.69 Å². The molecule has 0 spiro atoms. The van der Waals surface area contributed by atoms with Crippen molar-refractivity contribution in [1.29, 1.82) is 0 Å². The Morgan fingerprint density at radius 1 is 0.962 bits per heavy atom. The van der Waals surface area contributed by atoms with Crippen LogP contribution in [0.25, 0.3) is 0 Å². The number of hydrogen-bond acceptors (Lipinski definition) is 4. The maximum absolute atomic E-state index is 11.5. The Hall–Kier alpha value is -0.720. The first-order chi connectivity index (χ1) is 11.3. The van der Waals surface area contributed by atoms with E-state index in [0.29, 0.717) is 13.0 Å². The van der Waals surface area contributed by atoms with Crippen LogP contribution in [0, 0.1) is 0 Å². The average Bonchev–Trinajstić information content (AvgIpc) is 2.61. The molecule has 0 atom stereocenters. The standard InChI is InChI=1S/C18H30N4O.3ClH/c19-10-6-9-18(23)20-11-4-5-12-21-13-15-22(16-14-21)17-7-2-1-3-8-17;;;/h1-3,7-8H,4-6,9-16,19H2,(H,20,23);3*1H. The minimum atomic E-state index is 0. The lowest BCUT2D eigenvalue weighted by Crippen LogP contribution is -2.46. The van der Waals surface area contributed by atoms with Gasteiger partial charge in [0.25, 0.3) is 0 Å². The second-order valence-corrected chi connectivity index (χ2v) is 6.11. The summed E-state index contributed by atoms with van der Waals surface area (Å²) in [6, 6.07) is 10.6. The van der Waals surface area contributed by atoms with Crippen molar-refractivity contribution >= 4 is 48.8 Å². The number of benzene rings is 1. The van der Waals surface area contributed by atoms with Crippen molar-refractivity contribution in [3.63, 3.8) is 0 Å². The normalized spacial score (nSPS) is 13.8. The Bertz CT molecular complexity index is 457. The molecule has 1 aliphatic rings. The quantitative estimate of drug-likeness (QED) is 0.595. The van der Waals surface area contributed by atoms with Gasteiger partial charge in [-0.2, -0.15) is 0 Å². The van der Waals surface area contributed by atoms with Crippen LogP contribution in [0.5, 0.6) is 0 Å². The number of piperazine rings is 1. The van der Waals surface area contributed by atoms with Crippen molar-refractivity contribution < 1.29 is 4.79 Å². The zero-order valence-corrected chi connectivity index (χ0v) is 17.7. The second kappa shape index (κ2) is 16.5. The fourth-order valence-corrected chi connectivity index (χ4v) is 2.91. The molecule has 0 aromatic heterocycles. The lowest BCUT2D eigenvalue weighted by molar-refractivity contribution is -0.121. The third-order valence-corrected chi connectivity index (χ3v) is 4.32. The summed E-state index contributed by atoms with van der Waals surface area (Å²) in [4.78, 5) is 16.4. The summed E-state index contributed by atoms with van der Waals surface area (Å²) in [5.74, 6) is 0.131. The van der Waals surface area contributed by atoms with Gasteiger partial charge in [0.2, 0.25) is 5.91 Å². The van der Waals surface area contributed by atoms with Gasteiger partial charge >= 0.3 is 0 Å². The Kier molecular flexibility index (Phi) is 17.4. The van der Waals surface area contributed by atoms with Gasteiger partial charge < -0.3 is 16.0 Å². The summed E-state index contributed by atoms with van der Waals surface area (Å²) in [6.45, 7) is 6.94. The predicted molar refractivity (Wildman–Crippen MR) is 117 cm³/mol. The van der Waals surface area contributed by atoms with Crippen molar-refractivity contribution in [2.24, 2.45) is 5.73 Å². The monoisotopic (exact) mass is 426 g/mol. The highest BCUT2D eigenvalue weighted by Gasteiger charge is 2.16. The van der Waals surface area contributed by atoms with E-state index >= 15 is 0 Å². The molecule has 1 amide bonds. The minimum absolute atomic E-state index is 0. The van der Waals surface area contributed by atoms with E-state index in [1.807, 2.05) is 0 Å². The zero-order valence-electron chi connectivity index (χ0n) is 15.3. The third kappa shape index (κ3) is 10.4.